The maximum Gasteiger partial charge on any atom is 0.271 e. The predicted molar refractivity (Wildman–Crippen MR) is 113 cm³/mol. The third kappa shape index (κ3) is 6.33. The molecule has 0 spiro atoms. The van der Waals surface area contributed by atoms with Crippen LogP contribution in [-0.2, 0) is 0 Å². The first-order valence-electron chi connectivity index (χ1n) is 9.06. The van der Waals surface area contributed by atoms with Gasteiger partial charge in [0.2, 0.25) is 0 Å². The standard InChI is InChI=1S/C22H20ClN3O3/c23-19-7-2-4-9-21(19)29-15-5-14-28-20-8-3-1-6-18(20)16-25-26-22(27)17-10-12-24-13-11-17/h1-4,6-13,16H,5,14-15H2,(H,26,27)/b25-16-. The third-order valence-electron chi connectivity index (χ3n) is 3.87. The number of halogens is 1. The minimum absolute atomic E-state index is 0.307. The maximum absolute atomic E-state index is 12.0. The number of hydrogen-bond acceptors (Lipinski definition) is 5. The van der Waals surface area contributed by atoms with Gasteiger partial charge < -0.3 is 9.47 Å². The van der Waals surface area contributed by atoms with E-state index in [9.17, 15) is 4.79 Å². The summed E-state index contributed by atoms with van der Waals surface area (Å²) in [4.78, 5) is 15.9. The summed E-state index contributed by atoms with van der Waals surface area (Å²) in [7, 11) is 0. The summed E-state index contributed by atoms with van der Waals surface area (Å²) >= 11 is 6.06. The number of rotatable bonds is 9. The highest BCUT2D eigenvalue weighted by Crippen LogP contribution is 2.23. The van der Waals surface area contributed by atoms with Crippen LogP contribution in [-0.4, -0.2) is 30.3 Å². The maximum atomic E-state index is 12.0. The monoisotopic (exact) mass is 409 g/mol. The number of nitrogens with zero attached hydrogens (tertiary/aromatic N) is 2. The van der Waals surface area contributed by atoms with Crippen LogP contribution in [0.25, 0.3) is 0 Å². The van der Waals surface area contributed by atoms with Crippen LogP contribution in [0.3, 0.4) is 0 Å². The molecule has 0 aliphatic carbocycles. The van der Waals surface area contributed by atoms with E-state index in [0.29, 0.717) is 41.7 Å². The van der Waals surface area contributed by atoms with Gasteiger partial charge in [0.1, 0.15) is 11.5 Å². The smallest absolute Gasteiger partial charge is 0.271 e. The topological polar surface area (TPSA) is 72.8 Å². The number of pyridine rings is 1. The summed E-state index contributed by atoms with van der Waals surface area (Å²) in [5.41, 5.74) is 3.73. The Morgan fingerprint density at radius 1 is 0.966 bits per heavy atom. The molecular weight excluding hydrogens is 390 g/mol. The van der Waals surface area contributed by atoms with Gasteiger partial charge in [-0.15, -0.1) is 0 Å². The molecule has 0 aliphatic heterocycles. The van der Waals surface area contributed by atoms with E-state index in [4.69, 9.17) is 21.1 Å². The molecule has 0 atom stereocenters. The molecule has 0 radical (unpaired) electrons. The van der Waals surface area contributed by atoms with E-state index >= 15 is 0 Å². The van der Waals surface area contributed by atoms with E-state index in [1.807, 2.05) is 42.5 Å². The van der Waals surface area contributed by atoms with E-state index in [1.54, 1.807) is 36.8 Å². The first-order chi connectivity index (χ1) is 14.2. The van der Waals surface area contributed by atoms with E-state index in [2.05, 4.69) is 15.5 Å². The molecule has 1 N–H and O–H groups in total. The van der Waals surface area contributed by atoms with E-state index < -0.39 is 0 Å². The molecule has 29 heavy (non-hydrogen) atoms. The molecule has 0 bridgehead atoms. The molecule has 0 saturated heterocycles. The number of para-hydroxylation sites is 2. The minimum Gasteiger partial charge on any atom is -0.493 e. The number of amides is 1. The molecule has 1 amide bonds. The normalized spacial score (nSPS) is 10.7. The van der Waals surface area contributed by atoms with Crippen molar-refractivity contribution in [1.82, 2.24) is 10.4 Å². The van der Waals surface area contributed by atoms with Crippen molar-refractivity contribution in [3.63, 3.8) is 0 Å². The van der Waals surface area contributed by atoms with Crippen molar-refractivity contribution in [2.24, 2.45) is 5.10 Å². The number of benzene rings is 2. The molecule has 0 saturated carbocycles. The zero-order chi connectivity index (χ0) is 20.3. The molecule has 0 unspecified atom stereocenters. The second kappa shape index (κ2) is 10.8. The second-order valence-electron chi connectivity index (χ2n) is 5.95. The Morgan fingerprint density at radius 3 is 2.38 bits per heavy atom. The van der Waals surface area contributed by atoms with Crippen LogP contribution >= 0.6 is 11.6 Å². The van der Waals surface area contributed by atoms with Gasteiger partial charge in [0.25, 0.3) is 5.91 Å². The molecule has 2 aromatic carbocycles. The molecule has 0 fully saturated rings. The van der Waals surface area contributed by atoms with Crippen LogP contribution in [0, 0.1) is 0 Å². The lowest BCUT2D eigenvalue weighted by molar-refractivity contribution is 0.0955. The summed E-state index contributed by atoms with van der Waals surface area (Å²) in [6.07, 6.45) is 5.35. The zero-order valence-corrected chi connectivity index (χ0v) is 16.4. The van der Waals surface area contributed by atoms with Crippen molar-refractivity contribution in [1.29, 1.82) is 0 Å². The van der Waals surface area contributed by atoms with Gasteiger partial charge in [0.15, 0.2) is 0 Å². The first-order valence-corrected chi connectivity index (χ1v) is 9.44. The van der Waals surface area contributed by atoms with Crippen molar-refractivity contribution < 1.29 is 14.3 Å². The number of nitrogens with one attached hydrogen (secondary N) is 1. The Labute approximate surface area is 174 Å². The number of hydrogen-bond donors (Lipinski definition) is 1. The Kier molecular flexibility index (Phi) is 7.60. The number of carbonyl (C=O) groups is 1. The Balaban J connectivity index is 1.47. The van der Waals surface area contributed by atoms with Crippen molar-refractivity contribution in [2.75, 3.05) is 13.2 Å². The van der Waals surface area contributed by atoms with Crippen molar-refractivity contribution in [3.05, 3.63) is 89.2 Å². The fourth-order valence-corrected chi connectivity index (χ4v) is 2.62. The molecule has 0 aliphatic rings. The highest BCUT2D eigenvalue weighted by molar-refractivity contribution is 6.32. The van der Waals surface area contributed by atoms with Gasteiger partial charge in [-0.1, -0.05) is 35.9 Å². The molecule has 148 valence electrons. The van der Waals surface area contributed by atoms with Crippen molar-refractivity contribution in [3.8, 4) is 11.5 Å². The Morgan fingerprint density at radius 2 is 1.62 bits per heavy atom. The lowest BCUT2D eigenvalue weighted by Gasteiger charge is -2.10. The van der Waals surface area contributed by atoms with Crippen molar-refractivity contribution >= 4 is 23.7 Å². The molecule has 3 rings (SSSR count). The van der Waals surface area contributed by atoms with Gasteiger partial charge in [0, 0.05) is 29.9 Å². The number of hydrazone groups is 1. The van der Waals surface area contributed by atoms with Gasteiger partial charge in [-0.25, -0.2) is 5.43 Å². The SMILES string of the molecule is O=C(N/N=C\c1ccccc1OCCCOc1ccccc1Cl)c1ccncc1. The average molecular weight is 410 g/mol. The first kappa shape index (κ1) is 20.4. The fourth-order valence-electron chi connectivity index (χ4n) is 2.43. The quantitative estimate of drug-likeness (QED) is 0.324. The van der Waals surface area contributed by atoms with Crippen LogP contribution in [0.2, 0.25) is 5.02 Å². The van der Waals surface area contributed by atoms with E-state index in [0.717, 1.165) is 5.56 Å². The van der Waals surface area contributed by atoms with E-state index in [1.165, 1.54) is 0 Å². The minimum atomic E-state index is -0.307. The Bertz CT molecular complexity index is 964. The highest BCUT2D eigenvalue weighted by Gasteiger charge is 2.04. The number of carbonyl (C=O) groups excluding carboxylic acids is 1. The van der Waals surface area contributed by atoms with Gasteiger partial charge in [-0.05, 0) is 36.4 Å². The summed E-state index contributed by atoms with van der Waals surface area (Å²) in [5, 5.41) is 4.59. The van der Waals surface area contributed by atoms with Gasteiger partial charge in [-0.2, -0.15) is 5.10 Å². The molecule has 1 aromatic heterocycles. The molecule has 1 heterocycles. The largest absolute Gasteiger partial charge is 0.493 e. The molecule has 6 nitrogen and oxygen atoms in total. The fraction of sp³-hybridized carbons (Fsp3) is 0.136. The molecule has 7 heteroatoms. The molecule has 3 aromatic rings. The van der Waals surface area contributed by atoms with E-state index in [-0.39, 0.29) is 5.91 Å². The van der Waals surface area contributed by atoms with Crippen molar-refractivity contribution in [2.45, 2.75) is 6.42 Å². The lowest BCUT2D eigenvalue weighted by Crippen LogP contribution is -2.17. The summed E-state index contributed by atoms with van der Waals surface area (Å²) in [6, 6.07) is 18.0. The van der Waals surface area contributed by atoms with Crippen LogP contribution in [0.5, 0.6) is 11.5 Å². The highest BCUT2D eigenvalue weighted by atomic mass is 35.5. The van der Waals surface area contributed by atoms with Crippen LogP contribution in [0.4, 0.5) is 0 Å². The summed E-state index contributed by atoms with van der Waals surface area (Å²) in [6.45, 7) is 0.959. The van der Waals surface area contributed by atoms with Gasteiger partial charge >= 0.3 is 0 Å². The summed E-state index contributed by atoms with van der Waals surface area (Å²) < 4.78 is 11.5. The van der Waals surface area contributed by atoms with Crippen LogP contribution in [0.15, 0.2) is 78.2 Å². The third-order valence-corrected chi connectivity index (χ3v) is 4.18. The number of aromatic nitrogens is 1. The zero-order valence-electron chi connectivity index (χ0n) is 15.6. The lowest BCUT2D eigenvalue weighted by atomic mass is 10.2. The van der Waals surface area contributed by atoms with Gasteiger partial charge in [0.05, 0.1) is 24.5 Å². The van der Waals surface area contributed by atoms with Gasteiger partial charge in [-0.3, -0.25) is 9.78 Å². The second-order valence-corrected chi connectivity index (χ2v) is 6.36. The molecular formula is C22H20ClN3O3. The van der Waals surface area contributed by atoms with Crippen LogP contribution in [0.1, 0.15) is 22.3 Å². The average Bonchev–Trinajstić information content (AvgIpc) is 2.76. The predicted octanol–water partition coefficient (Wildman–Crippen LogP) is 4.35. The number of ether oxygens (including phenoxy) is 2. The summed E-state index contributed by atoms with van der Waals surface area (Å²) in [5.74, 6) is 1.03. The van der Waals surface area contributed by atoms with Crippen LogP contribution < -0.4 is 14.9 Å². The Hall–Kier alpha value is -3.38.